The Labute approximate surface area is 131 Å². The van der Waals surface area contributed by atoms with Crippen LogP contribution >= 0.6 is 23.4 Å². The molecule has 3 rings (SSSR count). The van der Waals surface area contributed by atoms with Crippen LogP contribution < -0.4 is 5.32 Å². The maximum atomic E-state index is 5.99. The maximum Gasteiger partial charge on any atom is 0.163 e. The molecule has 0 aliphatic rings. The standard InChI is InChI=1S/C14H14ClN5S/c1-16-13-11-7-17-20(2)14(11)19-12(18-13)8-21-10-5-3-4-9(15)6-10/h3-7H,8H2,1-2H3,(H,16,18,19). The molecular weight excluding hydrogens is 306 g/mol. The smallest absolute Gasteiger partial charge is 0.163 e. The van der Waals surface area contributed by atoms with Crippen LogP contribution in [0.25, 0.3) is 11.0 Å². The van der Waals surface area contributed by atoms with Gasteiger partial charge in [-0.05, 0) is 18.2 Å². The van der Waals surface area contributed by atoms with Gasteiger partial charge in [0, 0.05) is 24.0 Å². The molecule has 3 aromatic rings. The Bertz CT molecular complexity index is 786. The highest BCUT2D eigenvalue weighted by Gasteiger charge is 2.10. The number of aromatic nitrogens is 4. The zero-order valence-electron chi connectivity index (χ0n) is 11.7. The number of hydrogen-bond acceptors (Lipinski definition) is 5. The molecule has 0 unspecified atom stereocenters. The third kappa shape index (κ3) is 2.96. The molecule has 0 bridgehead atoms. The van der Waals surface area contributed by atoms with Crippen molar-refractivity contribution in [2.75, 3.05) is 12.4 Å². The second kappa shape index (κ2) is 5.91. The topological polar surface area (TPSA) is 55.6 Å². The average Bonchev–Trinajstić information content (AvgIpc) is 2.86. The summed E-state index contributed by atoms with van der Waals surface area (Å²) < 4.78 is 1.76. The Hall–Kier alpha value is -1.79. The molecule has 1 N–H and O–H groups in total. The van der Waals surface area contributed by atoms with Crippen molar-refractivity contribution in [1.29, 1.82) is 0 Å². The summed E-state index contributed by atoms with van der Waals surface area (Å²) in [6, 6.07) is 7.77. The summed E-state index contributed by atoms with van der Waals surface area (Å²) in [5.41, 5.74) is 0.830. The van der Waals surface area contributed by atoms with Crippen LogP contribution in [0.15, 0.2) is 35.4 Å². The van der Waals surface area contributed by atoms with Crippen LogP contribution in [-0.2, 0) is 12.8 Å². The van der Waals surface area contributed by atoms with E-state index >= 15 is 0 Å². The van der Waals surface area contributed by atoms with Gasteiger partial charge in [0.05, 0.1) is 17.3 Å². The summed E-state index contributed by atoms with van der Waals surface area (Å²) >= 11 is 7.65. The predicted octanol–water partition coefficient (Wildman–Crippen LogP) is 3.35. The molecule has 7 heteroatoms. The maximum absolute atomic E-state index is 5.99. The summed E-state index contributed by atoms with van der Waals surface area (Å²) in [5, 5.41) is 8.98. The number of hydrogen-bond donors (Lipinski definition) is 1. The van der Waals surface area contributed by atoms with Crippen LogP contribution in [0.4, 0.5) is 5.82 Å². The number of anilines is 1. The molecule has 0 amide bonds. The van der Waals surface area contributed by atoms with Gasteiger partial charge in [0.2, 0.25) is 0 Å². The van der Waals surface area contributed by atoms with Crippen molar-refractivity contribution in [3.8, 4) is 0 Å². The molecule has 0 radical (unpaired) electrons. The van der Waals surface area contributed by atoms with E-state index in [0.29, 0.717) is 5.75 Å². The van der Waals surface area contributed by atoms with Crippen LogP contribution in [0.2, 0.25) is 5.02 Å². The molecule has 1 aromatic carbocycles. The Morgan fingerprint density at radius 2 is 2.19 bits per heavy atom. The molecular formula is C14H14ClN5S. The lowest BCUT2D eigenvalue weighted by atomic mass is 10.4. The molecule has 0 aliphatic heterocycles. The second-order valence-corrected chi connectivity index (χ2v) is 5.98. The molecule has 5 nitrogen and oxygen atoms in total. The lowest BCUT2D eigenvalue weighted by Crippen LogP contribution is -2.02. The van der Waals surface area contributed by atoms with Crippen LogP contribution in [0.5, 0.6) is 0 Å². The molecule has 0 fully saturated rings. The molecule has 0 aliphatic carbocycles. The van der Waals surface area contributed by atoms with Crippen molar-refractivity contribution in [2.45, 2.75) is 10.6 Å². The Balaban J connectivity index is 1.88. The summed E-state index contributed by atoms with van der Waals surface area (Å²) in [7, 11) is 3.73. The van der Waals surface area contributed by atoms with Crippen molar-refractivity contribution in [2.24, 2.45) is 7.05 Å². The predicted molar refractivity (Wildman–Crippen MR) is 86.9 cm³/mol. The SMILES string of the molecule is CNc1nc(CSc2cccc(Cl)c2)nc2c1cnn2C. The van der Waals surface area contributed by atoms with E-state index in [1.54, 1.807) is 22.6 Å². The van der Waals surface area contributed by atoms with Crippen molar-refractivity contribution in [3.05, 3.63) is 41.3 Å². The normalized spacial score (nSPS) is 11.0. The molecule has 2 heterocycles. The quantitative estimate of drug-likeness (QED) is 0.747. The van der Waals surface area contributed by atoms with E-state index in [4.69, 9.17) is 11.6 Å². The van der Waals surface area contributed by atoms with Crippen molar-refractivity contribution >= 4 is 40.2 Å². The van der Waals surface area contributed by atoms with Gasteiger partial charge in [-0.25, -0.2) is 9.97 Å². The highest BCUT2D eigenvalue weighted by molar-refractivity contribution is 7.98. The summed E-state index contributed by atoms with van der Waals surface area (Å²) in [6.45, 7) is 0. The van der Waals surface area contributed by atoms with Crippen molar-refractivity contribution < 1.29 is 0 Å². The third-order valence-corrected chi connectivity index (χ3v) is 4.26. The largest absolute Gasteiger partial charge is 0.372 e. The van der Waals surface area contributed by atoms with Gasteiger partial charge in [0.1, 0.15) is 11.6 Å². The fourth-order valence-corrected chi connectivity index (χ4v) is 3.09. The summed E-state index contributed by atoms with van der Waals surface area (Å²) in [5.74, 6) is 2.24. The number of rotatable bonds is 4. The number of aryl methyl sites for hydroxylation is 1. The number of nitrogens with one attached hydrogen (secondary N) is 1. The van der Waals surface area contributed by atoms with E-state index < -0.39 is 0 Å². The van der Waals surface area contributed by atoms with Crippen LogP contribution in [-0.4, -0.2) is 26.8 Å². The van der Waals surface area contributed by atoms with Gasteiger partial charge < -0.3 is 5.32 Å². The first-order valence-electron chi connectivity index (χ1n) is 6.42. The molecule has 0 saturated carbocycles. The van der Waals surface area contributed by atoms with Crippen molar-refractivity contribution in [1.82, 2.24) is 19.7 Å². The first-order chi connectivity index (χ1) is 10.2. The fourth-order valence-electron chi connectivity index (χ4n) is 2.03. The van der Waals surface area contributed by atoms with Crippen molar-refractivity contribution in [3.63, 3.8) is 0 Å². The average molecular weight is 320 g/mol. The zero-order valence-corrected chi connectivity index (χ0v) is 13.2. The van der Waals surface area contributed by atoms with Gasteiger partial charge in [-0.3, -0.25) is 4.68 Å². The molecule has 0 atom stereocenters. The van der Waals surface area contributed by atoms with Crippen LogP contribution in [0.3, 0.4) is 0 Å². The number of benzene rings is 1. The molecule has 108 valence electrons. The van der Waals surface area contributed by atoms with E-state index in [1.807, 2.05) is 38.4 Å². The fraction of sp³-hybridized carbons (Fsp3) is 0.214. The van der Waals surface area contributed by atoms with E-state index in [2.05, 4.69) is 20.4 Å². The van der Waals surface area contributed by atoms with Crippen LogP contribution in [0.1, 0.15) is 5.82 Å². The minimum atomic E-state index is 0.677. The van der Waals surface area contributed by atoms with E-state index in [9.17, 15) is 0 Å². The van der Waals surface area contributed by atoms with E-state index in [0.717, 1.165) is 32.6 Å². The van der Waals surface area contributed by atoms with E-state index in [1.165, 1.54) is 0 Å². The van der Waals surface area contributed by atoms with Gasteiger partial charge in [0.15, 0.2) is 5.65 Å². The second-order valence-electron chi connectivity index (χ2n) is 4.49. The highest BCUT2D eigenvalue weighted by Crippen LogP contribution is 2.26. The molecule has 2 aromatic heterocycles. The Kier molecular flexibility index (Phi) is 3.98. The zero-order chi connectivity index (χ0) is 14.8. The Morgan fingerprint density at radius 3 is 2.95 bits per heavy atom. The number of thioether (sulfide) groups is 1. The molecule has 21 heavy (non-hydrogen) atoms. The molecule has 0 spiro atoms. The number of fused-ring (bicyclic) bond motifs is 1. The van der Waals surface area contributed by atoms with Gasteiger partial charge in [0.25, 0.3) is 0 Å². The highest BCUT2D eigenvalue weighted by atomic mass is 35.5. The van der Waals surface area contributed by atoms with E-state index in [-0.39, 0.29) is 0 Å². The van der Waals surface area contributed by atoms with Gasteiger partial charge >= 0.3 is 0 Å². The molecule has 0 saturated heterocycles. The number of halogens is 1. The Morgan fingerprint density at radius 1 is 1.33 bits per heavy atom. The lowest BCUT2D eigenvalue weighted by molar-refractivity contribution is 0.782. The minimum Gasteiger partial charge on any atom is -0.372 e. The van der Waals surface area contributed by atoms with Gasteiger partial charge in [-0.1, -0.05) is 17.7 Å². The third-order valence-electron chi connectivity index (χ3n) is 3.04. The van der Waals surface area contributed by atoms with Gasteiger partial charge in [-0.15, -0.1) is 11.8 Å². The summed E-state index contributed by atoms with van der Waals surface area (Å²) in [4.78, 5) is 10.2. The minimum absolute atomic E-state index is 0.677. The van der Waals surface area contributed by atoms with Gasteiger partial charge in [-0.2, -0.15) is 5.10 Å². The lowest BCUT2D eigenvalue weighted by Gasteiger charge is -2.06. The monoisotopic (exact) mass is 319 g/mol. The number of nitrogens with zero attached hydrogens (tertiary/aromatic N) is 4. The van der Waals surface area contributed by atoms with Crippen LogP contribution in [0, 0.1) is 0 Å². The summed E-state index contributed by atoms with van der Waals surface area (Å²) in [6.07, 6.45) is 1.77. The first kappa shape index (κ1) is 14.2. The first-order valence-corrected chi connectivity index (χ1v) is 7.78.